The molecule has 0 N–H and O–H groups in total. The second-order valence-electron chi connectivity index (χ2n) is 2.20. The van der Waals surface area contributed by atoms with E-state index < -0.39 is 0 Å². The lowest BCUT2D eigenvalue weighted by molar-refractivity contribution is -0.0510. The zero-order valence-corrected chi connectivity index (χ0v) is 7.74. The average molecular weight is 200 g/mol. The normalized spacial score (nSPS) is 8.86. The summed E-state index contributed by atoms with van der Waals surface area (Å²) in [5, 5.41) is 6.61. The highest BCUT2D eigenvalue weighted by molar-refractivity contribution is 4.45. The van der Waals surface area contributed by atoms with E-state index in [9.17, 15) is 0 Å². The summed E-state index contributed by atoms with van der Waals surface area (Å²) in [6.45, 7) is 1.73. The van der Waals surface area contributed by atoms with E-state index in [-0.39, 0.29) is 6.79 Å². The number of ether oxygens (including phenoxy) is 2. The van der Waals surface area contributed by atoms with Gasteiger partial charge in [-0.1, -0.05) is 10.2 Å². The molecule has 78 valence electrons. The minimum Gasteiger partial charge on any atom is -0.355 e. The number of hydrogen-bond acceptors (Lipinski definition) is 4. The fourth-order valence-electron chi connectivity index (χ4n) is 0.609. The number of azide groups is 2. The van der Waals surface area contributed by atoms with Crippen molar-refractivity contribution < 1.29 is 9.47 Å². The third-order valence-corrected chi connectivity index (χ3v) is 1.18. The molecule has 0 aromatic heterocycles. The molecule has 0 bridgehead atoms. The molecular formula is C6H12N6O2. The van der Waals surface area contributed by atoms with E-state index >= 15 is 0 Å². The molecule has 14 heavy (non-hydrogen) atoms. The fraction of sp³-hybridized carbons (Fsp3) is 1.00. The van der Waals surface area contributed by atoms with E-state index in [0.29, 0.717) is 32.7 Å². The van der Waals surface area contributed by atoms with E-state index in [4.69, 9.17) is 20.5 Å². The first kappa shape index (κ1) is 12.5. The van der Waals surface area contributed by atoms with Crippen LogP contribution in [0, 0.1) is 0 Å². The Morgan fingerprint density at radius 2 is 1.57 bits per heavy atom. The van der Waals surface area contributed by atoms with Crippen LogP contribution in [0.5, 0.6) is 0 Å². The van der Waals surface area contributed by atoms with Crippen LogP contribution in [0.3, 0.4) is 0 Å². The molecule has 0 aliphatic carbocycles. The van der Waals surface area contributed by atoms with Crippen molar-refractivity contribution in [3.05, 3.63) is 20.9 Å². The smallest absolute Gasteiger partial charge is 0.146 e. The molecular weight excluding hydrogens is 188 g/mol. The molecule has 8 nitrogen and oxygen atoms in total. The average Bonchev–Trinajstić information content (AvgIpc) is 2.21. The topological polar surface area (TPSA) is 116 Å². The van der Waals surface area contributed by atoms with Gasteiger partial charge in [0.2, 0.25) is 0 Å². The van der Waals surface area contributed by atoms with Crippen LogP contribution in [0.25, 0.3) is 20.9 Å². The highest BCUT2D eigenvalue weighted by Gasteiger charge is 1.88. The maximum absolute atomic E-state index is 7.94. The van der Waals surface area contributed by atoms with Gasteiger partial charge in [0.25, 0.3) is 0 Å². The molecule has 0 atom stereocenters. The number of hydrogen-bond donors (Lipinski definition) is 0. The minimum atomic E-state index is 0.164. The second-order valence-corrected chi connectivity index (χ2v) is 2.20. The Morgan fingerprint density at radius 1 is 0.929 bits per heavy atom. The van der Waals surface area contributed by atoms with Crippen LogP contribution in [0.4, 0.5) is 0 Å². The van der Waals surface area contributed by atoms with Gasteiger partial charge in [0.05, 0.1) is 6.61 Å². The maximum atomic E-state index is 7.94. The summed E-state index contributed by atoms with van der Waals surface area (Å²) in [7, 11) is 0. The Labute approximate surface area is 81.1 Å². The molecule has 0 radical (unpaired) electrons. The standard InChI is InChI=1S/C6H12N6O2/c7-11-9-2-1-4-13-6-14-5-3-10-12-8/h1-6H2. The third kappa shape index (κ3) is 10.5. The molecule has 0 saturated heterocycles. The summed E-state index contributed by atoms with van der Waals surface area (Å²) >= 11 is 0. The molecule has 0 aromatic carbocycles. The van der Waals surface area contributed by atoms with Crippen molar-refractivity contribution >= 4 is 0 Å². The van der Waals surface area contributed by atoms with Crippen LogP contribution >= 0.6 is 0 Å². The Morgan fingerprint density at radius 3 is 2.29 bits per heavy atom. The molecule has 0 aliphatic rings. The molecule has 0 spiro atoms. The van der Waals surface area contributed by atoms with Crippen molar-refractivity contribution in [3.63, 3.8) is 0 Å². The van der Waals surface area contributed by atoms with Crippen molar-refractivity contribution in [2.24, 2.45) is 10.2 Å². The van der Waals surface area contributed by atoms with Gasteiger partial charge in [0, 0.05) is 29.5 Å². The lowest BCUT2D eigenvalue weighted by Gasteiger charge is -2.02. The third-order valence-electron chi connectivity index (χ3n) is 1.18. The van der Waals surface area contributed by atoms with E-state index in [1.807, 2.05) is 0 Å². The first-order valence-electron chi connectivity index (χ1n) is 4.09. The van der Waals surface area contributed by atoms with Crippen molar-refractivity contribution in [1.82, 2.24) is 0 Å². The largest absolute Gasteiger partial charge is 0.355 e. The first-order chi connectivity index (χ1) is 6.91. The Kier molecular flexibility index (Phi) is 10.3. The molecule has 0 heterocycles. The first-order valence-corrected chi connectivity index (χ1v) is 4.09. The molecule has 0 aromatic rings. The zero-order valence-electron chi connectivity index (χ0n) is 7.74. The summed E-state index contributed by atoms with van der Waals surface area (Å²) in [6, 6.07) is 0. The van der Waals surface area contributed by atoms with Crippen molar-refractivity contribution in [2.75, 3.05) is 33.1 Å². The predicted molar refractivity (Wildman–Crippen MR) is 49.4 cm³/mol. The van der Waals surface area contributed by atoms with Crippen molar-refractivity contribution in [1.29, 1.82) is 0 Å². The number of rotatable bonds is 9. The molecule has 0 aliphatic heterocycles. The molecule has 0 rings (SSSR count). The van der Waals surface area contributed by atoms with Gasteiger partial charge < -0.3 is 9.47 Å². The van der Waals surface area contributed by atoms with E-state index in [1.54, 1.807) is 0 Å². The van der Waals surface area contributed by atoms with E-state index in [0.717, 1.165) is 0 Å². The van der Waals surface area contributed by atoms with Crippen LogP contribution in [0.1, 0.15) is 6.42 Å². The number of nitrogens with zero attached hydrogens (tertiary/aromatic N) is 6. The Bertz CT molecular complexity index is 196. The molecule has 8 heteroatoms. The van der Waals surface area contributed by atoms with Crippen molar-refractivity contribution in [2.45, 2.75) is 6.42 Å². The fourth-order valence-corrected chi connectivity index (χ4v) is 0.609. The van der Waals surface area contributed by atoms with Crippen LogP contribution in [0.2, 0.25) is 0 Å². The molecule has 0 amide bonds. The van der Waals surface area contributed by atoms with Crippen molar-refractivity contribution in [3.8, 4) is 0 Å². The SMILES string of the molecule is [N-]=[N+]=NCCCOCOCCN=[N+]=[N-]. The van der Waals surface area contributed by atoms with Crippen LogP contribution < -0.4 is 0 Å². The molecule has 0 unspecified atom stereocenters. The predicted octanol–water partition coefficient (Wildman–Crippen LogP) is 1.99. The summed E-state index contributed by atoms with van der Waals surface area (Å²) in [5.74, 6) is 0. The maximum Gasteiger partial charge on any atom is 0.146 e. The molecule has 0 fully saturated rings. The van der Waals surface area contributed by atoms with Gasteiger partial charge in [-0.2, -0.15) is 0 Å². The minimum absolute atomic E-state index is 0.164. The van der Waals surface area contributed by atoms with Gasteiger partial charge in [-0.3, -0.25) is 0 Å². The van der Waals surface area contributed by atoms with Gasteiger partial charge in [0.1, 0.15) is 6.79 Å². The van der Waals surface area contributed by atoms with Crippen LogP contribution in [0.15, 0.2) is 10.2 Å². The summed E-state index contributed by atoms with van der Waals surface area (Å²) < 4.78 is 9.97. The van der Waals surface area contributed by atoms with Gasteiger partial charge in [-0.05, 0) is 17.5 Å². The summed E-state index contributed by atoms with van der Waals surface area (Å²) in [5.41, 5.74) is 15.9. The zero-order chi connectivity index (χ0) is 10.5. The monoisotopic (exact) mass is 200 g/mol. The van der Waals surface area contributed by atoms with Gasteiger partial charge in [-0.15, -0.1) is 0 Å². The van der Waals surface area contributed by atoms with E-state index in [1.165, 1.54) is 0 Å². The summed E-state index contributed by atoms with van der Waals surface area (Å²) in [6.07, 6.45) is 0.670. The highest BCUT2D eigenvalue weighted by Crippen LogP contribution is 1.86. The quantitative estimate of drug-likeness (QED) is 0.186. The lowest BCUT2D eigenvalue weighted by atomic mass is 10.5. The van der Waals surface area contributed by atoms with Crippen LogP contribution in [-0.4, -0.2) is 33.1 Å². The second kappa shape index (κ2) is 11.5. The summed E-state index contributed by atoms with van der Waals surface area (Å²) in [4.78, 5) is 5.16. The van der Waals surface area contributed by atoms with Gasteiger partial charge in [0.15, 0.2) is 0 Å². The highest BCUT2D eigenvalue weighted by atomic mass is 16.7. The Hall–Kier alpha value is -1.46. The van der Waals surface area contributed by atoms with Gasteiger partial charge >= 0.3 is 0 Å². The van der Waals surface area contributed by atoms with Crippen LogP contribution in [-0.2, 0) is 9.47 Å². The molecule has 0 saturated carbocycles. The van der Waals surface area contributed by atoms with Gasteiger partial charge in [-0.25, -0.2) is 0 Å². The Balaban J connectivity index is 2.98. The van der Waals surface area contributed by atoms with E-state index in [2.05, 4.69) is 20.1 Å². The lowest BCUT2D eigenvalue weighted by Crippen LogP contribution is -2.04.